The van der Waals surface area contributed by atoms with E-state index in [0.29, 0.717) is 19.3 Å². The Hall–Kier alpha value is -1.59. The topological polar surface area (TPSA) is 78.9 Å². The lowest BCUT2D eigenvalue weighted by Gasteiger charge is -2.18. The zero-order valence-electron chi connectivity index (χ0n) is 38.1. The third-order valence-corrected chi connectivity index (χ3v) is 11.3. The number of rotatable bonds is 45. The molecular weight excluding hydrogens is 697 g/mol. The van der Waals surface area contributed by atoms with Crippen LogP contribution in [0, 0.1) is 5.92 Å². The average molecular weight is 793 g/mol. The predicted octanol–water partition coefficient (Wildman–Crippen LogP) is 15.9. The monoisotopic (exact) mass is 793 g/mol. The van der Waals surface area contributed by atoms with E-state index < -0.39 is 6.10 Å². The maximum absolute atomic E-state index is 12.7. The first-order chi connectivity index (χ1) is 27.4. The van der Waals surface area contributed by atoms with Crippen molar-refractivity contribution in [1.82, 2.24) is 0 Å². The Bertz CT molecular complexity index is 841. The van der Waals surface area contributed by atoms with Crippen LogP contribution >= 0.6 is 0 Å². The number of unbranched alkanes of at least 4 members (excludes halogenated alkanes) is 32. The van der Waals surface area contributed by atoms with Gasteiger partial charge in [0.05, 0.1) is 0 Å². The standard InChI is InChI=1S/C50H96O6/c1-5-7-9-11-13-14-15-19-24-27-31-35-39-43-50(53)56-47(44-54-48(51)41-37-33-28-12-10-8-6-2)45-55-49(52)42-38-34-30-26-23-21-18-16-17-20-22-25-29-32-36-40-46(3)4/h46-47H,5-45H2,1-4H3/t47-/m1/s1. The zero-order chi connectivity index (χ0) is 41.0. The highest BCUT2D eigenvalue weighted by Gasteiger charge is 2.19. The minimum atomic E-state index is -0.758. The molecule has 0 aliphatic rings. The smallest absolute Gasteiger partial charge is 0.306 e. The number of carbonyl (C=O) groups is 3. The molecule has 0 aromatic heterocycles. The van der Waals surface area contributed by atoms with E-state index in [2.05, 4.69) is 27.7 Å². The molecule has 0 aromatic carbocycles. The molecule has 0 fully saturated rings. The molecule has 0 aliphatic heterocycles. The molecule has 0 unspecified atom stereocenters. The SMILES string of the molecule is CCCCCCCCCCCCCCCC(=O)O[C@H](COC(=O)CCCCCCCCC)COC(=O)CCCCCCCCCCCCCCCCCC(C)C. The van der Waals surface area contributed by atoms with Crippen molar-refractivity contribution in [1.29, 1.82) is 0 Å². The first-order valence-corrected chi connectivity index (χ1v) is 24.9. The van der Waals surface area contributed by atoms with Crippen LogP contribution in [-0.2, 0) is 28.6 Å². The first kappa shape index (κ1) is 54.4. The summed E-state index contributed by atoms with van der Waals surface area (Å²) in [5.41, 5.74) is 0. The van der Waals surface area contributed by atoms with Crippen LogP contribution in [0.1, 0.15) is 278 Å². The van der Waals surface area contributed by atoms with Crippen LogP contribution in [0.25, 0.3) is 0 Å². The molecule has 0 amide bonds. The molecule has 0 saturated heterocycles. The van der Waals surface area contributed by atoms with Gasteiger partial charge in [0.15, 0.2) is 6.10 Å². The van der Waals surface area contributed by atoms with E-state index in [9.17, 15) is 14.4 Å². The van der Waals surface area contributed by atoms with Crippen molar-refractivity contribution < 1.29 is 28.6 Å². The van der Waals surface area contributed by atoms with Crippen LogP contribution in [0.15, 0.2) is 0 Å². The normalized spacial score (nSPS) is 11.9. The first-order valence-electron chi connectivity index (χ1n) is 24.9. The van der Waals surface area contributed by atoms with Gasteiger partial charge in [-0.15, -0.1) is 0 Å². The van der Waals surface area contributed by atoms with E-state index in [1.54, 1.807) is 0 Å². The minimum absolute atomic E-state index is 0.0633. The molecule has 0 rings (SSSR count). The summed E-state index contributed by atoms with van der Waals surface area (Å²) in [4.78, 5) is 37.7. The van der Waals surface area contributed by atoms with Crippen molar-refractivity contribution in [2.45, 2.75) is 284 Å². The Kier molecular flexibility index (Phi) is 43.2. The fourth-order valence-corrected chi connectivity index (χ4v) is 7.51. The highest BCUT2D eigenvalue weighted by Crippen LogP contribution is 2.17. The van der Waals surface area contributed by atoms with Crippen LogP contribution in [0.5, 0.6) is 0 Å². The molecular formula is C50H96O6. The summed E-state index contributed by atoms with van der Waals surface area (Å²) >= 11 is 0. The van der Waals surface area contributed by atoms with Crippen LogP contribution in [0.2, 0.25) is 0 Å². The summed E-state index contributed by atoms with van der Waals surface area (Å²) in [6.45, 7) is 8.99. The molecule has 0 aromatic rings. The Morgan fingerprint density at radius 3 is 0.875 bits per heavy atom. The van der Waals surface area contributed by atoms with Gasteiger partial charge in [0.25, 0.3) is 0 Å². The second kappa shape index (κ2) is 44.5. The molecule has 1 atom stereocenters. The zero-order valence-corrected chi connectivity index (χ0v) is 38.1. The van der Waals surface area contributed by atoms with Gasteiger partial charge in [-0.3, -0.25) is 14.4 Å². The van der Waals surface area contributed by atoms with Crippen molar-refractivity contribution in [3.63, 3.8) is 0 Å². The van der Waals surface area contributed by atoms with Gasteiger partial charge in [0.1, 0.15) is 13.2 Å². The number of hydrogen-bond acceptors (Lipinski definition) is 6. The molecule has 0 saturated carbocycles. The lowest BCUT2D eigenvalue weighted by Crippen LogP contribution is -2.30. The quantitative estimate of drug-likeness (QED) is 0.0347. The lowest BCUT2D eigenvalue weighted by atomic mass is 10.0. The second-order valence-corrected chi connectivity index (χ2v) is 17.6. The largest absolute Gasteiger partial charge is 0.462 e. The van der Waals surface area contributed by atoms with Crippen LogP contribution in [-0.4, -0.2) is 37.2 Å². The Balaban J connectivity index is 4.19. The summed E-state index contributed by atoms with van der Waals surface area (Å²) in [6.07, 6.45) is 45.3. The molecule has 6 heteroatoms. The third-order valence-electron chi connectivity index (χ3n) is 11.3. The van der Waals surface area contributed by atoms with Gasteiger partial charge in [0, 0.05) is 19.3 Å². The molecule has 6 nitrogen and oxygen atoms in total. The number of ether oxygens (including phenoxy) is 3. The van der Waals surface area contributed by atoms with E-state index in [4.69, 9.17) is 14.2 Å². The Morgan fingerprint density at radius 1 is 0.339 bits per heavy atom. The van der Waals surface area contributed by atoms with E-state index >= 15 is 0 Å². The van der Waals surface area contributed by atoms with Crippen LogP contribution in [0.3, 0.4) is 0 Å². The number of carbonyl (C=O) groups excluding carboxylic acids is 3. The Labute approximate surface area is 348 Å². The average Bonchev–Trinajstić information content (AvgIpc) is 3.18. The summed E-state index contributed by atoms with van der Waals surface area (Å²) in [5, 5.41) is 0. The maximum atomic E-state index is 12.7. The minimum Gasteiger partial charge on any atom is -0.462 e. The summed E-state index contributed by atoms with van der Waals surface area (Å²) in [6, 6.07) is 0. The summed E-state index contributed by atoms with van der Waals surface area (Å²) in [5.74, 6) is -0.00454. The molecule has 332 valence electrons. The van der Waals surface area contributed by atoms with Gasteiger partial charge in [-0.25, -0.2) is 0 Å². The van der Waals surface area contributed by atoms with Crippen molar-refractivity contribution in [3.05, 3.63) is 0 Å². The van der Waals surface area contributed by atoms with Crippen molar-refractivity contribution in [3.8, 4) is 0 Å². The molecule has 0 spiro atoms. The molecule has 0 bridgehead atoms. The molecule has 0 N–H and O–H groups in total. The number of hydrogen-bond donors (Lipinski definition) is 0. The van der Waals surface area contributed by atoms with Crippen molar-refractivity contribution in [2.75, 3.05) is 13.2 Å². The predicted molar refractivity (Wildman–Crippen MR) is 238 cm³/mol. The lowest BCUT2D eigenvalue weighted by molar-refractivity contribution is -0.167. The van der Waals surface area contributed by atoms with Crippen molar-refractivity contribution in [2.24, 2.45) is 5.92 Å². The van der Waals surface area contributed by atoms with E-state index in [1.165, 1.54) is 173 Å². The molecule has 0 heterocycles. The fraction of sp³-hybridized carbons (Fsp3) is 0.940. The highest BCUT2D eigenvalue weighted by atomic mass is 16.6. The van der Waals surface area contributed by atoms with Gasteiger partial charge in [-0.05, 0) is 25.2 Å². The van der Waals surface area contributed by atoms with E-state index in [1.807, 2.05) is 0 Å². The van der Waals surface area contributed by atoms with Crippen LogP contribution < -0.4 is 0 Å². The van der Waals surface area contributed by atoms with Gasteiger partial charge in [-0.2, -0.15) is 0 Å². The Morgan fingerprint density at radius 2 is 0.589 bits per heavy atom. The molecule has 56 heavy (non-hydrogen) atoms. The summed E-state index contributed by atoms with van der Waals surface area (Å²) < 4.78 is 16.7. The van der Waals surface area contributed by atoms with Gasteiger partial charge >= 0.3 is 17.9 Å². The van der Waals surface area contributed by atoms with Crippen molar-refractivity contribution >= 4 is 17.9 Å². The molecule has 0 aliphatic carbocycles. The highest BCUT2D eigenvalue weighted by molar-refractivity contribution is 5.71. The molecule has 0 radical (unpaired) electrons. The second-order valence-electron chi connectivity index (χ2n) is 17.6. The third kappa shape index (κ3) is 43.5. The van der Waals surface area contributed by atoms with Gasteiger partial charge in [0.2, 0.25) is 0 Å². The maximum Gasteiger partial charge on any atom is 0.306 e. The van der Waals surface area contributed by atoms with E-state index in [0.717, 1.165) is 63.7 Å². The summed E-state index contributed by atoms with van der Waals surface area (Å²) in [7, 11) is 0. The van der Waals surface area contributed by atoms with E-state index in [-0.39, 0.29) is 31.1 Å². The number of esters is 3. The fourth-order valence-electron chi connectivity index (χ4n) is 7.51. The van der Waals surface area contributed by atoms with Gasteiger partial charge in [-0.1, -0.05) is 240 Å². The van der Waals surface area contributed by atoms with Gasteiger partial charge < -0.3 is 14.2 Å². The van der Waals surface area contributed by atoms with Crippen LogP contribution in [0.4, 0.5) is 0 Å².